The number of amides is 1. The predicted molar refractivity (Wildman–Crippen MR) is 132 cm³/mol. The largest absolute Gasteiger partial charge is 0.481 e. The molecule has 1 N–H and O–H groups in total. The molecule has 196 valence electrons. The number of aryl methyl sites for hydroxylation is 2. The Kier molecular flexibility index (Phi) is 7.60. The van der Waals surface area contributed by atoms with E-state index in [0.29, 0.717) is 18.9 Å². The van der Waals surface area contributed by atoms with Gasteiger partial charge in [-0.2, -0.15) is 13.2 Å². The number of methoxy groups -OCH3 is 1. The molecule has 4 heterocycles. The summed E-state index contributed by atoms with van der Waals surface area (Å²) in [5.41, 5.74) is 1.59. The minimum atomic E-state index is -4.64. The fourth-order valence-electron chi connectivity index (χ4n) is 4.56. The highest BCUT2D eigenvalue weighted by atomic mass is 19.4. The third-order valence-corrected chi connectivity index (χ3v) is 6.60. The highest BCUT2D eigenvalue weighted by Crippen LogP contribution is 2.37. The van der Waals surface area contributed by atoms with Crippen LogP contribution in [0.4, 0.5) is 19.0 Å². The lowest BCUT2D eigenvalue weighted by molar-refractivity contribution is -0.139. The van der Waals surface area contributed by atoms with E-state index in [1.54, 1.807) is 23.4 Å². The summed E-state index contributed by atoms with van der Waals surface area (Å²) in [5, 5.41) is 3.41. The lowest BCUT2D eigenvalue weighted by atomic mass is 9.94. The number of hydrogen-bond donors (Lipinski definition) is 1. The number of rotatable bonds is 7. The van der Waals surface area contributed by atoms with E-state index in [0.717, 1.165) is 41.7 Å². The number of pyridine rings is 2. The van der Waals surface area contributed by atoms with Gasteiger partial charge in [-0.1, -0.05) is 0 Å². The van der Waals surface area contributed by atoms with Gasteiger partial charge in [0.1, 0.15) is 5.82 Å². The Labute approximate surface area is 213 Å². The minimum absolute atomic E-state index is 0.0259. The first-order valence-electron chi connectivity index (χ1n) is 12.1. The Morgan fingerprint density at radius 2 is 1.97 bits per heavy atom. The molecule has 0 unspecified atom stereocenters. The van der Waals surface area contributed by atoms with E-state index in [2.05, 4.69) is 20.3 Å². The number of nitrogens with one attached hydrogen (secondary N) is 1. The first-order chi connectivity index (χ1) is 17.6. The van der Waals surface area contributed by atoms with Gasteiger partial charge in [-0.15, -0.1) is 0 Å². The molecule has 4 rings (SSSR count). The number of carbonyl (C=O) groups is 1. The maximum absolute atomic E-state index is 13.6. The van der Waals surface area contributed by atoms with Crippen LogP contribution in [0.2, 0.25) is 0 Å². The number of aromatic nitrogens is 4. The van der Waals surface area contributed by atoms with Crippen molar-refractivity contribution in [3.05, 3.63) is 59.2 Å². The number of alkyl halides is 3. The zero-order valence-corrected chi connectivity index (χ0v) is 21.1. The smallest absolute Gasteiger partial charge is 0.418 e. The normalized spacial score (nSPS) is 15.9. The molecule has 3 aromatic rings. The molecule has 0 spiro atoms. The topological polar surface area (TPSA) is 93.1 Å². The van der Waals surface area contributed by atoms with E-state index in [1.165, 1.54) is 20.1 Å². The fraction of sp³-hybridized carbons (Fsp3) is 0.423. The highest BCUT2D eigenvalue weighted by Gasteiger charge is 2.38. The molecule has 0 radical (unpaired) electrons. The molecule has 1 aliphatic heterocycles. The quantitative estimate of drug-likeness (QED) is 0.491. The van der Waals surface area contributed by atoms with Crippen LogP contribution in [0.1, 0.15) is 48.6 Å². The molecule has 11 heteroatoms. The first-order valence-corrected chi connectivity index (χ1v) is 12.1. The minimum Gasteiger partial charge on any atom is -0.481 e. The molecular formula is C26H29F3N6O2. The summed E-state index contributed by atoms with van der Waals surface area (Å²) in [4.78, 5) is 32.0. The molecule has 1 aliphatic rings. The summed E-state index contributed by atoms with van der Waals surface area (Å²) in [6.45, 7) is 5.88. The number of nitrogens with zero attached hydrogens (tertiary/aromatic N) is 5. The van der Waals surface area contributed by atoms with Crippen molar-refractivity contribution in [2.75, 3.05) is 25.5 Å². The number of likely N-dealkylation sites (N-methyl/N-ethyl adjacent to an activating group) is 1. The Hall–Kier alpha value is -3.76. The molecule has 8 nitrogen and oxygen atoms in total. The molecule has 0 saturated carbocycles. The van der Waals surface area contributed by atoms with Crippen LogP contribution in [0, 0.1) is 6.92 Å². The second-order valence-electron chi connectivity index (χ2n) is 8.99. The molecule has 1 amide bonds. The number of halogens is 3. The molecule has 0 fully saturated rings. The van der Waals surface area contributed by atoms with Gasteiger partial charge in [-0.3, -0.25) is 4.79 Å². The van der Waals surface area contributed by atoms with E-state index in [9.17, 15) is 18.0 Å². The number of hydrogen-bond acceptors (Lipinski definition) is 7. The average molecular weight is 515 g/mol. The van der Waals surface area contributed by atoms with Crippen molar-refractivity contribution in [3.63, 3.8) is 0 Å². The number of carbonyl (C=O) groups excluding carboxylic acids is 1. The molecule has 0 saturated heterocycles. The molecule has 0 bridgehead atoms. The Morgan fingerprint density at radius 1 is 1.24 bits per heavy atom. The van der Waals surface area contributed by atoms with Crippen molar-refractivity contribution in [1.82, 2.24) is 24.8 Å². The Morgan fingerprint density at radius 3 is 2.62 bits per heavy atom. The van der Waals surface area contributed by atoms with Crippen LogP contribution in [0.15, 0.2) is 36.8 Å². The van der Waals surface area contributed by atoms with E-state index in [4.69, 9.17) is 9.72 Å². The summed E-state index contributed by atoms with van der Waals surface area (Å²) in [6.07, 6.45) is 0.931. The van der Waals surface area contributed by atoms with Gasteiger partial charge in [0.15, 0.2) is 5.82 Å². The maximum Gasteiger partial charge on any atom is 0.418 e. The van der Waals surface area contributed by atoms with Crippen LogP contribution in [-0.2, 0) is 17.4 Å². The monoisotopic (exact) mass is 514 g/mol. The van der Waals surface area contributed by atoms with Crippen molar-refractivity contribution >= 4 is 11.7 Å². The van der Waals surface area contributed by atoms with Crippen LogP contribution in [0.3, 0.4) is 0 Å². The van der Waals surface area contributed by atoms with Gasteiger partial charge in [0.25, 0.3) is 0 Å². The van der Waals surface area contributed by atoms with E-state index in [-0.39, 0.29) is 17.5 Å². The Bertz CT molecular complexity index is 1270. The first kappa shape index (κ1) is 26.3. The van der Waals surface area contributed by atoms with Gasteiger partial charge in [0.05, 0.1) is 24.3 Å². The lowest BCUT2D eigenvalue weighted by Gasteiger charge is -2.33. The van der Waals surface area contributed by atoms with Gasteiger partial charge in [0.2, 0.25) is 11.8 Å². The van der Waals surface area contributed by atoms with Crippen LogP contribution in [-0.4, -0.2) is 57.0 Å². The SMILES string of the molecule is CCN(C[C@H]1CCc2cc(-c3ncccn3)c(C)nc2N1)C(=O)[C@H](C)c1cc(OC)ncc1C(F)(F)F. The summed E-state index contributed by atoms with van der Waals surface area (Å²) in [7, 11) is 1.32. The van der Waals surface area contributed by atoms with Crippen molar-refractivity contribution in [3.8, 4) is 17.3 Å². The average Bonchev–Trinajstić information content (AvgIpc) is 2.90. The van der Waals surface area contributed by atoms with Crippen molar-refractivity contribution in [2.24, 2.45) is 0 Å². The van der Waals surface area contributed by atoms with Gasteiger partial charge < -0.3 is 15.0 Å². The number of ether oxygens (including phenoxy) is 1. The van der Waals surface area contributed by atoms with E-state index in [1.807, 2.05) is 19.9 Å². The van der Waals surface area contributed by atoms with Gasteiger partial charge in [-0.05, 0) is 56.9 Å². The second kappa shape index (κ2) is 10.7. The van der Waals surface area contributed by atoms with Crippen molar-refractivity contribution in [2.45, 2.75) is 51.7 Å². The standard InChI is InChI=1S/C26H29F3N6O2/c1-5-35(25(36)15(2)19-12-22(37-4)32-13-21(19)26(27,28)29)14-18-8-7-17-11-20(16(3)33-23(17)34-18)24-30-9-6-10-31-24/h6,9-13,15,18H,5,7-8,14H2,1-4H3,(H,33,34)/t15-,18-/m1/s1. The molecular weight excluding hydrogens is 485 g/mol. The van der Waals surface area contributed by atoms with Crippen LogP contribution in [0.25, 0.3) is 11.4 Å². The summed E-state index contributed by atoms with van der Waals surface area (Å²) in [5.74, 6) is -0.0472. The summed E-state index contributed by atoms with van der Waals surface area (Å²) < 4.78 is 45.9. The van der Waals surface area contributed by atoms with E-state index < -0.39 is 23.6 Å². The van der Waals surface area contributed by atoms with E-state index >= 15 is 0 Å². The number of anilines is 1. The third-order valence-electron chi connectivity index (χ3n) is 6.60. The van der Waals surface area contributed by atoms with Gasteiger partial charge >= 0.3 is 6.18 Å². The Balaban J connectivity index is 1.51. The molecule has 0 aromatic carbocycles. The molecule has 2 atom stereocenters. The van der Waals surface area contributed by atoms with Crippen molar-refractivity contribution < 1.29 is 22.7 Å². The third kappa shape index (κ3) is 5.65. The second-order valence-corrected chi connectivity index (χ2v) is 8.99. The van der Waals surface area contributed by atoms with Crippen molar-refractivity contribution in [1.29, 1.82) is 0 Å². The molecule has 37 heavy (non-hydrogen) atoms. The maximum atomic E-state index is 13.6. The van der Waals surface area contributed by atoms with Crippen LogP contribution >= 0.6 is 0 Å². The molecule has 0 aliphatic carbocycles. The number of fused-ring (bicyclic) bond motifs is 1. The summed E-state index contributed by atoms with van der Waals surface area (Å²) >= 11 is 0. The van der Waals surface area contributed by atoms with Gasteiger partial charge in [-0.25, -0.2) is 19.9 Å². The van der Waals surface area contributed by atoms with Gasteiger partial charge in [0, 0.05) is 49.4 Å². The summed E-state index contributed by atoms with van der Waals surface area (Å²) in [6, 6.07) is 4.89. The highest BCUT2D eigenvalue weighted by molar-refractivity contribution is 5.84. The van der Waals surface area contributed by atoms with Crippen LogP contribution < -0.4 is 10.1 Å². The van der Waals surface area contributed by atoms with Crippen LogP contribution in [0.5, 0.6) is 5.88 Å². The lowest BCUT2D eigenvalue weighted by Crippen LogP contribution is -2.43. The zero-order valence-electron chi connectivity index (χ0n) is 21.1. The zero-order chi connectivity index (χ0) is 26.7. The molecule has 3 aromatic heterocycles. The predicted octanol–water partition coefficient (Wildman–Crippen LogP) is 4.65. The fourth-order valence-corrected chi connectivity index (χ4v) is 4.56.